The van der Waals surface area contributed by atoms with E-state index < -0.39 is 10.0 Å². The van der Waals surface area contributed by atoms with Crippen molar-refractivity contribution >= 4 is 21.6 Å². The number of anilines is 1. The van der Waals surface area contributed by atoms with Crippen LogP contribution in [0.3, 0.4) is 0 Å². The fourth-order valence-electron chi connectivity index (χ4n) is 4.51. The Hall–Kier alpha value is -3.12. The zero-order valence-corrected chi connectivity index (χ0v) is 20.9. The van der Waals surface area contributed by atoms with Crippen LogP contribution in [0, 0.1) is 6.92 Å². The van der Waals surface area contributed by atoms with Crippen molar-refractivity contribution in [3.05, 3.63) is 100 Å². The molecule has 6 heteroatoms. The Morgan fingerprint density at radius 1 is 0.971 bits per heavy atom. The average molecular weight is 477 g/mol. The number of amides is 1. The molecule has 3 aromatic rings. The highest BCUT2D eigenvalue weighted by Gasteiger charge is 2.20. The summed E-state index contributed by atoms with van der Waals surface area (Å²) >= 11 is 0. The molecule has 1 N–H and O–H groups in total. The molecule has 0 unspecified atom stereocenters. The van der Waals surface area contributed by atoms with Crippen molar-refractivity contribution in [1.82, 2.24) is 5.32 Å². The van der Waals surface area contributed by atoms with Crippen LogP contribution in [0.5, 0.6) is 0 Å². The van der Waals surface area contributed by atoms with Crippen molar-refractivity contribution in [2.75, 3.05) is 10.6 Å². The van der Waals surface area contributed by atoms with Crippen LogP contribution in [0.25, 0.3) is 0 Å². The van der Waals surface area contributed by atoms with Gasteiger partial charge in [-0.2, -0.15) is 0 Å². The summed E-state index contributed by atoms with van der Waals surface area (Å²) < 4.78 is 26.4. The quantitative estimate of drug-likeness (QED) is 0.501. The van der Waals surface area contributed by atoms with Gasteiger partial charge in [-0.1, -0.05) is 42.5 Å². The Morgan fingerprint density at radius 3 is 2.32 bits per heavy atom. The maximum Gasteiger partial charge on any atom is 0.251 e. The smallest absolute Gasteiger partial charge is 0.251 e. The number of nitrogens with one attached hydrogen (secondary N) is 1. The number of carbonyl (C=O) groups is 1. The van der Waals surface area contributed by atoms with E-state index in [1.807, 2.05) is 38.1 Å². The van der Waals surface area contributed by atoms with Gasteiger partial charge in [0, 0.05) is 5.56 Å². The van der Waals surface area contributed by atoms with Crippen LogP contribution in [0.4, 0.5) is 5.69 Å². The van der Waals surface area contributed by atoms with Crippen molar-refractivity contribution in [1.29, 1.82) is 0 Å². The maximum atomic E-state index is 12.9. The lowest BCUT2D eigenvalue weighted by Gasteiger charge is -2.24. The first-order valence-corrected chi connectivity index (χ1v) is 13.6. The summed E-state index contributed by atoms with van der Waals surface area (Å²) in [4.78, 5) is 12.9. The van der Waals surface area contributed by atoms with Gasteiger partial charge in [0.15, 0.2) is 0 Å². The van der Waals surface area contributed by atoms with E-state index in [1.54, 1.807) is 24.3 Å². The van der Waals surface area contributed by atoms with Crippen molar-refractivity contribution in [2.24, 2.45) is 0 Å². The lowest BCUT2D eigenvalue weighted by atomic mass is 9.89. The molecule has 1 aliphatic carbocycles. The number of sulfonamides is 1. The van der Waals surface area contributed by atoms with Gasteiger partial charge in [-0.25, -0.2) is 8.42 Å². The minimum Gasteiger partial charge on any atom is -0.346 e. The molecule has 1 amide bonds. The maximum absolute atomic E-state index is 12.9. The molecule has 178 valence electrons. The van der Waals surface area contributed by atoms with Crippen LogP contribution in [-0.2, 0) is 29.4 Å². The van der Waals surface area contributed by atoms with Crippen LogP contribution < -0.4 is 9.62 Å². The second kappa shape index (κ2) is 10.0. The Labute approximate surface area is 202 Å². The van der Waals surface area contributed by atoms with Gasteiger partial charge in [0.2, 0.25) is 10.0 Å². The van der Waals surface area contributed by atoms with E-state index >= 15 is 0 Å². The molecule has 5 nitrogen and oxygen atoms in total. The lowest BCUT2D eigenvalue weighted by Crippen LogP contribution is -2.30. The molecule has 4 rings (SSSR count). The second-order valence-corrected chi connectivity index (χ2v) is 11.1. The van der Waals surface area contributed by atoms with Gasteiger partial charge in [-0.3, -0.25) is 9.10 Å². The molecule has 0 saturated carbocycles. The number of carbonyl (C=O) groups excluding carboxylic acids is 1. The van der Waals surface area contributed by atoms with Gasteiger partial charge in [0.25, 0.3) is 5.91 Å². The monoisotopic (exact) mass is 476 g/mol. The zero-order chi connectivity index (χ0) is 24.3. The first-order chi connectivity index (χ1) is 16.2. The fraction of sp³-hybridized carbons (Fsp3) is 0.321. The number of benzene rings is 3. The van der Waals surface area contributed by atoms with Crippen molar-refractivity contribution < 1.29 is 13.2 Å². The van der Waals surface area contributed by atoms with Crippen molar-refractivity contribution in [3.63, 3.8) is 0 Å². The molecule has 0 radical (unpaired) electrons. The van der Waals surface area contributed by atoms with Crippen LogP contribution in [-0.4, -0.2) is 20.6 Å². The molecule has 0 spiro atoms. The van der Waals surface area contributed by atoms with Crippen LogP contribution >= 0.6 is 0 Å². The summed E-state index contributed by atoms with van der Waals surface area (Å²) in [5.41, 5.74) is 6.92. The van der Waals surface area contributed by atoms with Gasteiger partial charge in [0.05, 0.1) is 24.5 Å². The predicted molar refractivity (Wildman–Crippen MR) is 138 cm³/mol. The summed E-state index contributed by atoms with van der Waals surface area (Å²) in [6.07, 6.45) is 5.90. The highest BCUT2D eigenvalue weighted by atomic mass is 32.2. The molecule has 0 bridgehead atoms. The Kier molecular flexibility index (Phi) is 7.08. The number of nitrogens with zero attached hydrogens (tertiary/aromatic N) is 1. The van der Waals surface area contributed by atoms with E-state index in [9.17, 15) is 13.2 Å². The minimum absolute atomic E-state index is 0.118. The normalized spacial score (nSPS) is 14.2. The van der Waals surface area contributed by atoms with E-state index in [2.05, 4.69) is 23.5 Å². The Balaban J connectivity index is 1.48. The molecule has 0 heterocycles. The molecule has 0 fully saturated rings. The predicted octanol–water partition coefficient (Wildman–Crippen LogP) is 5.33. The molecule has 0 aliphatic heterocycles. The molecule has 34 heavy (non-hydrogen) atoms. The van der Waals surface area contributed by atoms with Crippen LogP contribution in [0.2, 0.25) is 0 Å². The molecule has 3 aromatic carbocycles. The van der Waals surface area contributed by atoms with Crippen molar-refractivity contribution in [2.45, 2.75) is 52.1 Å². The molecule has 1 aliphatic rings. The molecular weight excluding hydrogens is 444 g/mol. The van der Waals surface area contributed by atoms with E-state index in [0.717, 1.165) is 29.5 Å². The van der Waals surface area contributed by atoms with E-state index in [4.69, 9.17) is 0 Å². The number of fused-ring (bicyclic) bond motifs is 1. The summed E-state index contributed by atoms with van der Waals surface area (Å²) in [5.74, 6) is -0.179. The van der Waals surface area contributed by atoms with Crippen molar-refractivity contribution in [3.8, 4) is 0 Å². The SMILES string of the molecule is Cc1ccccc1CN(c1ccc(C(=O)N[C@H](C)c2ccc3c(c2)CCCC3)cc1)S(C)(=O)=O. The molecule has 0 saturated heterocycles. The molecule has 1 atom stereocenters. The lowest BCUT2D eigenvalue weighted by molar-refractivity contribution is 0.0940. The fourth-order valence-corrected chi connectivity index (χ4v) is 5.39. The van der Waals surface area contributed by atoms with E-state index in [1.165, 1.54) is 34.5 Å². The first kappa shape index (κ1) is 24.0. The number of rotatable bonds is 7. The van der Waals surface area contributed by atoms with Gasteiger partial charge < -0.3 is 5.32 Å². The third-order valence-electron chi connectivity index (χ3n) is 6.61. The number of hydrogen-bond donors (Lipinski definition) is 1. The standard InChI is InChI=1S/C28H32N2O3S/c1-20-8-4-5-11-26(20)19-30(34(3,32)33)27-16-14-23(15-17-27)28(31)29-21(2)24-13-12-22-9-6-7-10-25(22)18-24/h4-5,8,11-18,21H,6-7,9-10,19H2,1-3H3,(H,29,31)/t21-/m1/s1. The summed E-state index contributed by atoms with van der Waals surface area (Å²) in [6.45, 7) is 4.20. The van der Waals surface area contributed by atoms with Gasteiger partial charge in [0.1, 0.15) is 0 Å². The average Bonchev–Trinajstić information content (AvgIpc) is 2.82. The van der Waals surface area contributed by atoms with Gasteiger partial charge in [-0.05, 0) is 91.6 Å². The van der Waals surface area contributed by atoms with E-state index in [-0.39, 0.29) is 18.5 Å². The largest absolute Gasteiger partial charge is 0.346 e. The summed E-state index contributed by atoms with van der Waals surface area (Å²) in [7, 11) is -3.50. The molecular formula is C28H32N2O3S. The zero-order valence-electron chi connectivity index (χ0n) is 20.0. The third-order valence-corrected chi connectivity index (χ3v) is 7.75. The van der Waals surface area contributed by atoms with Crippen LogP contribution in [0.1, 0.15) is 64.0 Å². The topological polar surface area (TPSA) is 66.5 Å². The second-order valence-electron chi connectivity index (χ2n) is 9.17. The molecule has 0 aromatic heterocycles. The Morgan fingerprint density at radius 2 is 1.65 bits per heavy atom. The highest BCUT2D eigenvalue weighted by molar-refractivity contribution is 7.92. The highest BCUT2D eigenvalue weighted by Crippen LogP contribution is 2.26. The summed E-state index contributed by atoms with van der Waals surface area (Å²) in [6, 6.07) is 20.9. The number of aryl methyl sites for hydroxylation is 3. The first-order valence-electron chi connectivity index (χ1n) is 11.8. The number of hydrogen-bond acceptors (Lipinski definition) is 3. The third kappa shape index (κ3) is 5.50. The van der Waals surface area contributed by atoms with Gasteiger partial charge in [-0.15, -0.1) is 0 Å². The van der Waals surface area contributed by atoms with E-state index in [0.29, 0.717) is 11.3 Å². The summed E-state index contributed by atoms with van der Waals surface area (Å²) in [5, 5.41) is 3.07. The van der Waals surface area contributed by atoms with Crippen LogP contribution in [0.15, 0.2) is 66.7 Å². The minimum atomic E-state index is -3.50. The Bertz CT molecular complexity index is 1280. The van der Waals surface area contributed by atoms with Gasteiger partial charge >= 0.3 is 0 Å².